The molecule has 0 unspecified atom stereocenters. The van der Waals surface area contributed by atoms with Crippen molar-refractivity contribution in [3.63, 3.8) is 0 Å². The van der Waals surface area contributed by atoms with E-state index in [0.717, 1.165) is 43.4 Å². The first-order valence-electron chi connectivity index (χ1n) is 14.9. The molecule has 1 amide bonds. The fourth-order valence-corrected chi connectivity index (χ4v) is 9.75. The van der Waals surface area contributed by atoms with E-state index in [-0.39, 0.29) is 28.9 Å². The highest BCUT2D eigenvalue weighted by Crippen LogP contribution is 2.68. The molecule has 4 aliphatic carbocycles. The summed E-state index contributed by atoms with van der Waals surface area (Å²) in [5, 5.41) is 25.1. The second-order valence-electron chi connectivity index (χ2n) is 13.5. The number of aliphatic hydroxyl groups is 2. The zero-order valence-corrected chi connectivity index (χ0v) is 23.4. The zero-order valence-electron chi connectivity index (χ0n) is 23.4. The van der Waals surface area contributed by atoms with Gasteiger partial charge in [0.25, 0.3) is 0 Å². The summed E-state index contributed by atoms with van der Waals surface area (Å²) in [6.45, 7) is 7.72. The lowest BCUT2D eigenvalue weighted by Gasteiger charge is -2.62. The van der Waals surface area contributed by atoms with Gasteiger partial charge in [-0.25, -0.2) is 0 Å². The fourth-order valence-electron chi connectivity index (χ4n) is 9.75. The molecule has 0 radical (unpaired) electrons. The summed E-state index contributed by atoms with van der Waals surface area (Å²) in [6, 6.07) is 7.82. The van der Waals surface area contributed by atoms with E-state index in [1.807, 2.05) is 24.3 Å². The molecule has 206 valence electrons. The average molecular weight is 512 g/mol. The van der Waals surface area contributed by atoms with Gasteiger partial charge in [-0.2, -0.15) is 0 Å². The lowest BCUT2D eigenvalue weighted by Crippen LogP contribution is -2.58. The molecule has 1 aromatic rings. The van der Waals surface area contributed by atoms with Gasteiger partial charge in [0.15, 0.2) is 0 Å². The minimum Gasteiger partial charge on any atom is -0.497 e. The summed E-state index contributed by atoms with van der Waals surface area (Å²) in [5.41, 5.74) is 1.30. The van der Waals surface area contributed by atoms with Crippen molar-refractivity contribution in [2.24, 2.45) is 46.3 Å². The third kappa shape index (κ3) is 4.84. The van der Waals surface area contributed by atoms with E-state index in [0.29, 0.717) is 48.5 Å². The molecule has 0 saturated heterocycles. The number of aliphatic hydroxyl groups excluding tert-OH is 2. The first kappa shape index (κ1) is 27.0. The predicted molar refractivity (Wildman–Crippen MR) is 146 cm³/mol. The monoisotopic (exact) mass is 511 g/mol. The molecule has 0 spiro atoms. The number of methoxy groups -OCH3 is 1. The number of nitrogens with one attached hydrogen (secondary N) is 1. The Bertz CT molecular complexity index is 949. The van der Waals surface area contributed by atoms with E-state index in [4.69, 9.17) is 4.74 Å². The maximum atomic E-state index is 12.7. The van der Waals surface area contributed by atoms with Gasteiger partial charge in [0.1, 0.15) is 5.75 Å². The number of fused-ring (bicyclic) bond motifs is 5. The van der Waals surface area contributed by atoms with Crippen molar-refractivity contribution in [3.05, 3.63) is 29.8 Å². The highest BCUT2D eigenvalue weighted by molar-refractivity contribution is 5.75. The minimum absolute atomic E-state index is 0.0441. The molecule has 37 heavy (non-hydrogen) atoms. The number of carbonyl (C=O) groups excluding carboxylic acids is 1. The molecule has 5 heteroatoms. The van der Waals surface area contributed by atoms with Crippen LogP contribution < -0.4 is 10.1 Å². The van der Waals surface area contributed by atoms with Gasteiger partial charge >= 0.3 is 0 Å². The summed E-state index contributed by atoms with van der Waals surface area (Å²) < 4.78 is 5.21. The molecule has 4 fully saturated rings. The second kappa shape index (κ2) is 10.5. The van der Waals surface area contributed by atoms with Gasteiger partial charge in [0.05, 0.1) is 19.3 Å². The third-order valence-corrected chi connectivity index (χ3v) is 12.0. The normalized spacial score (nSPS) is 41.7. The molecule has 1 aromatic carbocycles. The van der Waals surface area contributed by atoms with Crippen LogP contribution in [0.5, 0.6) is 5.75 Å². The van der Waals surface area contributed by atoms with E-state index in [1.54, 1.807) is 7.11 Å². The van der Waals surface area contributed by atoms with Gasteiger partial charge < -0.3 is 20.3 Å². The molecule has 0 aliphatic heterocycles. The molecule has 5 rings (SSSR count). The number of rotatable bonds is 7. The van der Waals surface area contributed by atoms with Crippen LogP contribution in [0.4, 0.5) is 0 Å². The molecule has 0 aromatic heterocycles. The van der Waals surface area contributed by atoms with Crippen LogP contribution >= 0.6 is 0 Å². The zero-order chi connectivity index (χ0) is 26.4. The van der Waals surface area contributed by atoms with Crippen LogP contribution in [0.25, 0.3) is 0 Å². The molecular formula is C32H49NO4. The third-order valence-electron chi connectivity index (χ3n) is 12.0. The van der Waals surface area contributed by atoms with E-state index in [1.165, 1.54) is 25.7 Å². The number of ether oxygens (including phenoxy) is 1. The summed E-state index contributed by atoms with van der Waals surface area (Å²) in [6.07, 6.45) is 9.84. The molecular weight excluding hydrogens is 462 g/mol. The Kier molecular flexibility index (Phi) is 7.68. The van der Waals surface area contributed by atoms with Gasteiger partial charge in [-0.1, -0.05) is 32.9 Å². The maximum absolute atomic E-state index is 12.7. The number of carbonyl (C=O) groups is 1. The Morgan fingerprint density at radius 2 is 1.81 bits per heavy atom. The molecule has 4 saturated carbocycles. The first-order chi connectivity index (χ1) is 17.7. The van der Waals surface area contributed by atoms with E-state index in [2.05, 4.69) is 26.1 Å². The predicted octanol–water partition coefficient (Wildman–Crippen LogP) is 5.72. The van der Waals surface area contributed by atoms with Crippen LogP contribution in [0.2, 0.25) is 0 Å². The van der Waals surface area contributed by atoms with Gasteiger partial charge in [-0.15, -0.1) is 0 Å². The Morgan fingerprint density at radius 1 is 1.05 bits per heavy atom. The topological polar surface area (TPSA) is 78.8 Å². The van der Waals surface area contributed by atoms with Crippen LogP contribution in [0.1, 0.15) is 90.5 Å². The van der Waals surface area contributed by atoms with Gasteiger partial charge in [0.2, 0.25) is 5.91 Å². The highest BCUT2D eigenvalue weighted by atomic mass is 16.5. The van der Waals surface area contributed by atoms with Crippen LogP contribution in [0, 0.1) is 46.3 Å². The summed E-state index contributed by atoms with van der Waals surface area (Å²) >= 11 is 0. The van der Waals surface area contributed by atoms with Gasteiger partial charge in [-0.05, 0) is 122 Å². The smallest absolute Gasteiger partial charge is 0.220 e. The standard InChI is InChI=1S/C32H49NO4/c1-20(5-14-30(36)33-19-21-6-9-24(37-4)10-7-21)26-12-13-27-25-11-8-22-17-23(34)15-16-31(22,2)28(25)18-29(35)32(26,27)3/h6-7,9-10,20,22-23,25-29,34-35H,5,8,11-19H2,1-4H3,(H,33,36)/t20-,22-,23-,25+,26-,27+,28+,29+,31+,32-/m1/s1. The highest BCUT2D eigenvalue weighted by Gasteiger charge is 2.63. The van der Waals surface area contributed by atoms with Crippen molar-refractivity contribution in [2.45, 2.75) is 104 Å². The summed E-state index contributed by atoms with van der Waals surface area (Å²) in [4.78, 5) is 12.7. The first-order valence-corrected chi connectivity index (χ1v) is 14.9. The lowest BCUT2D eigenvalue weighted by atomic mass is 9.43. The second-order valence-corrected chi connectivity index (χ2v) is 13.5. The Balaban J connectivity index is 1.19. The van der Waals surface area contributed by atoms with Crippen LogP contribution in [-0.2, 0) is 11.3 Å². The van der Waals surface area contributed by atoms with Crippen LogP contribution in [0.3, 0.4) is 0 Å². The van der Waals surface area contributed by atoms with Crippen LogP contribution in [0.15, 0.2) is 24.3 Å². The SMILES string of the molecule is COc1ccc(CNC(=O)CC[C@@H](C)[C@H]2CC[C@H]3[C@@H]4CC[C@@H]5C[C@H](O)CC[C@]5(C)[C@H]4C[C@H](O)[C@]23C)cc1. The minimum atomic E-state index is -0.264. The summed E-state index contributed by atoms with van der Waals surface area (Å²) in [7, 11) is 1.66. The van der Waals surface area contributed by atoms with E-state index in [9.17, 15) is 15.0 Å². The van der Waals surface area contributed by atoms with Crippen LogP contribution in [-0.4, -0.2) is 35.4 Å². The van der Waals surface area contributed by atoms with E-state index < -0.39 is 0 Å². The van der Waals surface area contributed by atoms with Crippen molar-refractivity contribution in [1.82, 2.24) is 5.32 Å². The average Bonchev–Trinajstić information content (AvgIpc) is 3.26. The molecule has 10 atom stereocenters. The Labute approximate surface area is 223 Å². The number of amides is 1. The van der Waals surface area contributed by atoms with Gasteiger partial charge in [-0.3, -0.25) is 4.79 Å². The quantitative estimate of drug-likeness (QED) is 0.438. The molecule has 5 nitrogen and oxygen atoms in total. The van der Waals surface area contributed by atoms with Crippen molar-refractivity contribution < 1.29 is 19.7 Å². The largest absolute Gasteiger partial charge is 0.497 e. The van der Waals surface area contributed by atoms with E-state index >= 15 is 0 Å². The van der Waals surface area contributed by atoms with Crippen molar-refractivity contribution in [1.29, 1.82) is 0 Å². The molecule has 0 bridgehead atoms. The van der Waals surface area contributed by atoms with Crippen molar-refractivity contribution in [3.8, 4) is 5.75 Å². The number of benzene rings is 1. The Hall–Kier alpha value is -1.59. The van der Waals surface area contributed by atoms with Gasteiger partial charge in [0, 0.05) is 13.0 Å². The maximum Gasteiger partial charge on any atom is 0.220 e. The number of hydrogen-bond donors (Lipinski definition) is 3. The summed E-state index contributed by atoms with van der Waals surface area (Å²) in [5.74, 6) is 4.31. The fraction of sp³-hybridized carbons (Fsp3) is 0.781. The molecule has 3 N–H and O–H groups in total. The van der Waals surface area contributed by atoms with Crippen molar-refractivity contribution >= 4 is 5.91 Å². The molecule has 0 heterocycles. The molecule has 4 aliphatic rings. The Morgan fingerprint density at radius 3 is 2.54 bits per heavy atom. The lowest BCUT2D eigenvalue weighted by molar-refractivity contribution is -0.174. The number of hydrogen-bond acceptors (Lipinski definition) is 4. The van der Waals surface area contributed by atoms with Crippen molar-refractivity contribution in [2.75, 3.05) is 7.11 Å².